The molecule has 0 aliphatic heterocycles. The highest BCUT2D eigenvalue weighted by Gasteiger charge is 2.45. The number of halogens is 3. The van der Waals surface area contributed by atoms with Gasteiger partial charge >= 0.3 is 5.97 Å². The third-order valence-corrected chi connectivity index (χ3v) is 5.42. The van der Waals surface area contributed by atoms with Crippen molar-refractivity contribution in [2.24, 2.45) is 0 Å². The lowest BCUT2D eigenvalue weighted by Gasteiger charge is -2.28. The Labute approximate surface area is 172 Å². The quantitative estimate of drug-likeness (QED) is 0.692. The molecule has 1 aliphatic carbocycles. The van der Waals surface area contributed by atoms with Gasteiger partial charge in [-0.05, 0) is 43.5 Å². The van der Waals surface area contributed by atoms with Crippen molar-refractivity contribution < 1.29 is 18.7 Å². The monoisotopic (exact) mass is 424 g/mol. The number of nitrogens with one attached hydrogen (secondary N) is 1. The predicted octanol–water partition coefficient (Wildman–Crippen LogP) is 4.91. The number of hydrogen-bond donors (Lipinski definition) is 1. The van der Waals surface area contributed by atoms with Gasteiger partial charge < -0.3 is 10.1 Å². The fourth-order valence-corrected chi connectivity index (χ4v) is 3.85. The molecule has 1 N–H and O–H groups in total. The van der Waals surface area contributed by atoms with E-state index in [0.29, 0.717) is 23.4 Å². The van der Waals surface area contributed by atoms with Crippen molar-refractivity contribution in [1.82, 2.24) is 4.98 Å². The van der Waals surface area contributed by atoms with Gasteiger partial charge in [-0.25, -0.2) is 9.37 Å². The van der Waals surface area contributed by atoms with Crippen LogP contribution in [0.25, 0.3) is 0 Å². The van der Waals surface area contributed by atoms with Crippen molar-refractivity contribution in [1.29, 1.82) is 0 Å². The Kier molecular flexibility index (Phi) is 6.20. The number of hydrogen-bond acceptors (Lipinski definition) is 4. The van der Waals surface area contributed by atoms with E-state index >= 15 is 0 Å². The Morgan fingerprint density at radius 2 is 1.96 bits per heavy atom. The number of benzene rings is 1. The van der Waals surface area contributed by atoms with Crippen LogP contribution >= 0.6 is 23.2 Å². The highest BCUT2D eigenvalue weighted by Crippen LogP contribution is 2.42. The molecule has 1 aromatic carbocycles. The Morgan fingerprint density at radius 3 is 2.61 bits per heavy atom. The first-order chi connectivity index (χ1) is 13.3. The third-order valence-electron chi connectivity index (χ3n) is 4.93. The van der Waals surface area contributed by atoms with Gasteiger partial charge in [0.2, 0.25) is 0 Å². The van der Waals surface area contributed by atoms with Crippen LogP contribution in [0.5, 0.6) is 0 Å². The molecular formula is C20H19Cl2FN2O3. The van der Waals surface area contributed by atoms with Crippen LogP contribution in [0.15, 0.2) is 36.5 Å². The molecule has 1 fully saturated rings. The number of nitrogens with zero attached hydrogens (tertiary/aromatic N) is 1. The topological polar surface area (TPSA) is 68.3 Å². The summed E-state index contributed by atoms with van der Waals surface area (Å²) in [6, 6.07) is 7.42. The average molecular weight is 425 g/mol. The summed E-state index contributed by atoms with van der Waals surface area (Å²) in [5.41, 5.74) is -0.364. The first-order valence-electron chi connectivity index (χ1n) is 8.91. The van der Waals surface area contributed by atoms with E-state index in [2.05, 4.69) is 10.3 Å². The van der Waals surface area contributed by atoms with Gasteiger partial charge in [0, 0.05) is 6.20 Å². The minimum absolute atomic E-state index is 0.125. The lowest BCUT2D eigenvalue weighted by Crippen LogP contribution is -2.40. The Balaban J connectivity index is 1.73. The second-order valence-corrected chi connectivity index (χ2v) is 7.66. The van der Waals surface area contributed by atoms with Crippen molar-refractivity contribution in [2.75, 3.05) is 5.32 Å². The van der Waals surface area contributed by atoms with Crippen LogP contribution in [0.2, 0.25) is 10.0 Å². The number of amides is 1. The summed E-state index contributed by atoms with van der Waals surface area (Å²) in [5.74, 6) is -1.39. The molecule has 1 aliphatic rings. The van der Waals surface area contributed by atoms with Crippen molar-refractivity contribution in [3.05, 3.63) is 58.0 Å². The summed E-state index contributed by atoms with van der Waals surface area (Å²) in [7, 11) is 0. The van der Waals surface area contributed by atoms with Crippen LogP contribution in [0, 0.1) is 5.82 Å². The van der Waals surface area contributed by atoms with Gasteiger partial charge in [-0.2, -0.15) is 0 Å². The van der Waals surface area contributed by atoms with Crippen LogP contribution in [-0.4, -0.2) is 23.0 Å². The largest absolute Gasteiger partial charge is 0.452 e. The number of pyridine rings is 1. The third kappa shape index (κ3) is 4.28. The van der Waals surface area contributed by atoms with Crippen LogP contribution in [0.4, 0.5) is 10.2 Å². The van der Waals surface area contributed by atoms with E-state index in [9.17, 15) is 14.0 Å². The maximum Gasteiger partial charge on any atom is 0.317 e. The SMILES string of the molecule is C[C@H](OC(=O)C1(c2cccc(F)c2)CCCC1)C(=O)Nc1ncc(Cl)cc1Cl. The number of rotatable bonds is 5. The molecule has 3 rings (SSSR count). The highest BCUT2D eigenvalue weighted by atomic mass is 35.5. The highest BCUT2D eigenvalue weighted by molar-refractivity contribution is 6.36. The summed E-state index contributed by atoms with van der Waals surface area (Å²) in [6.45, 7) is 1.46. The maximum atomic E-state index is 13.7. The summed E-state index contributed by atoms with van der Waals surface area (Å²) >= 11 is 11.8. The van der Waals surface area contributed by atoms with E-state index in [0.717, 1.165) is 12.8 Å². The van der Waals surface area contributed by atoms with Crippen molar-refractivity contribution in [3.63, 3.8) is 0 Å². The molecular weight excluding hydrogens is 406 g/mol. The van der Waals surface area contributed by atoms with E-state index in [1.54, 1.807) is 12.1 Å². The van der Waals surface area contributed by atoms with Gasteiger partial charge in [0.05, 0.1) is 15.5 Å². The zero-order valence-electron chi connectivity index (χ0n) is 15.2. The standard InChI is InChI=1S/C20H19Cl2FN2O3/c1-12(18(26)25-17-16(22)10-14(21)11-24-17)28-19(27)20(7-2-3-8-20)13-5-4-6-15(23)9-13/h4-6,9-12H,2-3,7-8H2,1H3,(H,24,25,26)/t12-/m0/s1. The summed E-state index contributed by atoms with van der Waals surface area (Å²) in [5, 5.41) is 3.02. The second-order valence-electron chi connectivity index (χ2n) is 6.82. The molecule has 0 bridgehead atoms. The lowest BCUT2D eigenvalue weighted by molar-refractivity contribution is -0.159. The fraction of sp³-hybridized carbons (Fsp3) is 0.350. The minimum Gasteiger partial charge on any atom is -0.452 e. The number of anilines is 1. The molecule has 8 heteroatoms. The molecule has 0 radical (unpaired) electrons. The van der Waals surface area contributed by atoms with Crippen LogP contribution in [-0.2, 0) is 19.7 Å². The molecule has 1 saturated carbocycles. The summed E-state index contributed by atoms with van der Waals surface area (Å²) < 4.78 is 19.2. The molecule has 1 atom stereocenters. The van der Waals surface area contributed by atoms with E-state index in [-0.39, 0.29) is 10.8 Å². The van der Waals surface area contributed by atoms with Gasteiger partial charge in [0.1, 0.15) is 5.82 Å². The Bertz CT molecular complexity index is 901. The van der Waals surface area contributed by atoms with E-state index in [4.69, 9.17) is 27.9 Å². The maximum absolute atomic E-state index is 13.7. The summed E-state index contributed by atoms with van der Waals surface area (Å²) in [4.78, 5) is 29.3. The molecule has 0 unspecified atom stereocenters. The first-order valence-corrected chi connectivity index (χ1v) is 9.66. The number of ether oxygens (including phenoxy) is 1. The summed E-state index contributed by atoms with van der Waals surface area (Å²) in [6.07, 6.45) is 3.03. The molecule has 0 saturated heterocycles. The number of carbonyl (C=O) groups excluding carboxylic acids is 2. The van der Waals surface area contributed by atoms with Crippen molar-refractivity contribution in [3.8, 4) is 0 Å². The van der Waals surface area contributed by atoms with E-state index < -0.39 is 29.2 Å². The van der Waals surface area contributed by atoms with Crippen molar-refractivity contribution in [2.45, 2.75) is 44.1 Å². The van der Waals surface area contributed by atoms with Gasteiger partial charge in [-0.15, -0.1) is 0 Å². The zero-order chi connectivity index (χ0) is 20.3. The molecule has 1 amide bonds. The lowest BCUT2D eigenvalue weighted by atomic mass is 9.79. The van der Waals surface area contributed by atoms with Gasteiger partial charge in [0.25, 0.3) is 5.91 Å². The number of carbonyl (C=O) groups is 2. The fourth-order valence-electron chi connectivity index (χ4n) is 3.43. The Hall–Kier alpha value is -2.18. The van der Waals surface area contributed by atoms with Gasteiger partial charge in [0.15, 0.2) is 11.9 Å². The first kappa shape index (κ1) is 20.6. The van der Waals surface area contributed by atoms with E-state index in [1.807, 2.05) is 0 Å². The second kappa shape index (κ2) is 8.45. The molecule has 1 heterocycles. The molecule has 2 aromatic rings. The molecule has 148 valence electrons. The number of esters is 1. The van der Waals surface area contributed by atoms with E-state index in [1.165, 1.54) is 31.3 Å². The Morgan fingerprint density at radius 1 is 1.25 bits per heavy atom. The predicted molar refractivity (Wildman–Crippen MR) is 105 cm³/mol. The molecule has 28 heavy (non-hydrogen) atoms. The zero-order valence-corrected chi connectivity index (χ0v) is 16.7. The van der Waals surface area contributed by atoms with Gasteiger partial charge in [-0.3, -0.25) is 9.59 Å². The van der Waals surface area contributed by atoms with Crippen LogP contribution in [0.3, 0.4) is 0 Å². The van der Waals surface area contributed by atoms with Crippen LogP contribution in [0.1, 0.15) is 38.2 Å². The average Bonchev–Trinajstić information content (AvgIpc) is 3.15. The molecule has 5 nitrogen and oxygen atoms in total. The normalized spacial score (nSPS) is 16.4. The molecule has 1 aromatic heterocycles. The van der Waals surface area contributed by atoms with Crippen molar-refractivity contribution >= 4 is 40.9 Å². The van der Waals surface area contributed by atoms with Gasteiger partial charge in [-0.1, -0.05) is 48.2 Å². The number of aromatic nitrogens is 1. The smallest absolute Gasteiger partial charge is 0.317 e. The molecule has 0 spiro atoms. The minimum atomic E-state index is -1.08. The van der Waals surface area contributed by atoms with Crippen LogP contribution < -0.4 is 5.32 Å².